The minimum atomic E-state index is -2.88. The molecule has 0 unspecified atom stereocenters. The van der Waals surface area contributed by atoms with Gasteiger partial charge in [0.2, 0.25) is 0 Å². The summed E-state index contributed by atoms with van der Waals surface area (Å²) in [7, 11) is -5.37. The monoisotopic (exact) mass is 474 g/mol. The third kappa shape index (κ3) is 3.40. The summed E-state index contributed by atoms with van der Waals surface area (Å²) in [5.74, 6) is 0. The molecule has 0 saturated carbocycles. The summed E-state index contributed by atoms with van der Waals surface area (Å²) in [6.07, 6.45) is 4.83. The number of hydrogen-bond donors (Lipinski definition) is 0. The maximum Gasteiger partial charge on any atom is 0.252 e. The van der Waals surface area contributed by atoms with Crippen LogP contribution in [0.4, 0.5) is 0 Å². The first kappa shape index (κ1) is 22.5. The Balaban J connectivity index is 1.97. The Morgan fingerprint density at radius 3 is 1.26 bits per heavy atom. The third-order valence-electron chi connectivity index (χ3n) is 7.42. The van der Waals surface area contributed by atoms with Gasteiger partial charge < -0.3 is 4.43 Å². The van der Waals surface area contributed by atoms with Crippen LogP contribution in [0, 0.1) is 0 Å². The van der Waals surface area contributed by atoms with Gasteiger partial charge in [-0.15, -0.1) is 0 Å². The fourth-order valence-corrected chi connectivity index (χ4v) is 24.0. The van der Waals surface area contributed by atoms with E-state index in [9.17, 15) is 0 Å². The van der Waals surface area contributed by atoms with Crippen LogP contribution in [0.5, 0.6) is 0 Å². The number of hydrogen-bond acceptors (Lipinski definition) is 1. The van der Waals surface area contributed by atoms with Crippen LogP contribution in [0.2, 0.25) is 6.04 Å². The molecule has 0 spiro atoms. The molecule has 1 heterocycles. The van der Waals surface area contributed by atoms with E-state index < -0.39 is 21.0 Å². The lowest BCUT2D eigenvalue weighted by Crippen LogP contribution is -2.89. The van der Waals surface area contributed by atoms with Gasteiger partial charge in [0.05, 0.1) is 5.60 Å². The molecule has 0 N–H and O–H groups in total. The first-order valence-electron chi connectivity index (χ1n) is 11.9. The van der Waals surface area contributed by atoms with Gasteiger partial charge in [-0.1, -0.05) is 157 Å². The van der Waals surface area contributed by atoms with E-state index in [1.165, 1.54) is 20.7 Å². The molecule has 1 saturated heterocycles. The van der Waals surface area contributed by atoms with Crippen molar-refractivity contribution in [1.82, 2.24) is 0 Å². The van der Waals surface area contributed by atoms with E-state index in [0.717, 1.165) is 12.5 Å². The van der Waals surface area contributed by atoms with Gasteiger partial charge in [0, 0.05) is 0 Å². The molecule has 4 aromatic rings. The molecule has 1 nitrogen and oxygen atoms in total. The molecule has 0 aliphatic carbocycles. The Hall–Kier alpha value is -3.25. The Labute approximate surface area is 205 Å². The second-order valence-corrected chi connectivity index (χ2v) is 19.9. The first-order chi connectivity index (χ1) is 16.7. The summed E-state index contributed by atoms with van der Waals surface area (Å²) in [5, 5.41) is 5.49. The molecule has 0 atom stereocenters. The SMILES string of the molecule is C=CC1(C=C)CC[Si](c2ccccc2)(c2ccccc2)[Si](c2ccccc2)(c2ccccc2)O1. The predicted octanol–water partition coefficient (Wildman–Crippen LogP) is 4.62. The largest absolute Gasteiger partial charge is 0.398 e. The maximum atomic E-state index is 7.62. The zero-order chi connectivity index (χ0) is 23.5. The Morgan fingerprint density at radius 2 is 0.912 bits per heavy atom. The lowest BCUT2D eigenvalue weighted by atomic mass is 10.0. The lowest BCUT2D eigenvalue weighted by Gasteiger charge is -2.56. The summed E-state index contributed by atoms with van der Waals surface area (Å²) in [6.45, 7) is 8.43. The summed E-state index contributed by atoms with van der Waals surface area (Å²) in [6, 6.07) is 45.4. The van der Waals surface area contributed by atoms with Crippen LogP contribution in [0.25, 0.3) is 0 Å². The second-order valence-electron chi connectivity index (χ2n) is 9.02. The van der Waals surface area contributed by atoms with Gasteiger partial charge in [0.1, 0.15) is 0 Å². The quantitative estimate of drug-likeness (QED) is 0.293. The van der Waals surface area contributed by atoms with E-state index in [2.05, 4.69) is 134 Å². The van der Waals surface area contributed by atoms with Crippen molar-refractivity contribution in [2.75, 3.05) is 0 Å². The van der Waals surface area contributed by atoms with E-state index in [4.69, 9.17) is 4.43 Å². The van der Waals surface area contributed by atoms with Gasteiger partial charge >= 0.3 is 0 Å². The Kier molecular flexibility index (Phi) is 6.09. The molecule has 0 radical (unpaired) electrons. The van der Waals surface area contributed by atoms with Crippen LogP contribution >= 0.6 is 0 Å². The van der Waals surface area contributed by atoms with Gasteiger partial charge in [0.25, 0.3) is 7.83 Å². The summed E-state index contributed by atoms with van der Waals surface area (Å²) >= 11 is 0. The van der Waals surface area contributed by atoms with Crippen molar-refractivity contribution in [3.8, 4) is 0 Å². The van der Waals surface area contributed by atoms with E-state index in [1.54, 1.807) is 0 Å². The topological polar surface area (TPSA) is 9.23 Å². The molecule has 1 fully saturated rings. The second kappa shape index (κ2) is 9.18. The lowest BCUT2D eigenvalue weighted by molar-refractivity contribution is 0.162. The highest BCUT2D eigenvalue weighted by Gasteiger charge is 2.66. The number of benzene rings is 4. The number of rotatable bonds is 6. The zero-order valence-electron chi connectivity index (χ0n) is 19.4. The van der Waals surface area contributed by atoms with Gasteiger partial charge in [-0.05, 0) is 22.8 Å². The molecule has 0 amide bonds. The summed E-state index contributed by atoms with van der Waals surface area (Å²) in [4.78, 5) is 0. The predicted molar refractivity (Wildman–Crippen MR) is 149 cm³/mol. The molecule has 1 aliphatic rings. The molecule has 3 heteroatoms. The average molecular weight is 475 g/mol. The van der Waals surface area contributed by atoms with Crippen molar-refractivity contribution in [2.45, 2.75) is 18.1 Å². The first-order valence-corrected chi connectivity index (χ1v) is 17.0. The van der Waals surface area contributed by atoms with Crippen molar-refractivity contribution in [1.29, 1.82) is 0 Å². The van der Waals surface area contributed by atoms with Crippen LogP contribution in [-0.2, 0) is 4.43 Å². The van der Waals surface area contributed by atoms with Crippen molar-refractivity contribution < 1.29 is 4.43 Å². The van der Waals surface area contributed by atoms with Gasteiger partial charge in [-0.25, -0.2) is 0 Å². The van der Waals surface area contributed by atoms with Gasteiger partial charge in [-0.3, -0.25) is 0 Å². The summed E-state index contributed by atoms with van der Waals surface area (Å²) < 4.78 is 7.62. The van der Waals surface area contributed by atoms with Crippen LogP contribution in [0.15, 0.2) is 147 Å². The van der Waals surface area contributed by atoms with Gasteiger partial charge in [0.15, 0.2) is 7.59 Å². The fourth-order valence-electron chi connectivity index (χ4n) is 5.78. The normalized spacial score (nSPS) is 18.0. The average Bonchev–Trinajstić information content (AvgIpc) is 2.94. The molecule has 4 aromatic carbocycles. The van der Waals surface area contributed by atoms with Gasteiger partial charge in [-0.2, -0.15) is 0 Å². The third-order valence-corrected chi connectivity index (χ3v) is 23.4. The molecular weight excluding hydrogens is 445 g/mol. The fraction of sp³-hybridized carbons (Fsp3) is 0.0968. The van der Waals surface area contributed by atoms with Crippen molar-refractivity contribution >= 4 is 36.2 Å². The molecule has 168 valence electrons. The standard InChI is InChI=1S/C31H30OSi2/c1-3-31(4-2)25-26-33(27-17-9-5-10-18-27,28-19-11-6-12-20-28)34(32-31,29-21-13-7-14-22-29)30-23-15-8-16-24-30/h3-24H,1-2,25-26H2. The van der Waals surface area contributed by atoms with Crippen LogP contribution in [0.1, 0.15) is 6.42 Å². The van der Waals surface area contributed by atoms with Crippen LogP contribution in [-0.4, -0.2) is 21.0 Å². The van der Waals surface area contributed by atoms with Crippen molar-refractivity contribution in [3.05, 3.63) is 147 Å². The molecule has 34 heavy (non-hydrogen) atoms. The highest BCUT2D eigenvalue weighted by molar-refractivity contribution is 7.57. The molecule has 0 aromatic heterocycles. The maximum absolute atomic E-state index is 7.62. The van der Waals surface area contributed by atoms with E-state index >= 15 is 0 Å². The minimum Gasteiger partial charge on any atom is -0.398 e. The highest BCUT2D eigenvalue weighted by Crippen LogP contribution is 2.40. The molecular formula is C31H30OSi2. The van der Waals surface area contributed by atoms with E-state index in [-0.39, 0.29) is 0 Å². The zero-order valence-corrected chi connectivity index (χ0v) is 21.4. The molecule has 5 rings (SSSR count). The molecule has 1 aliphatic heterocycles. The van der Waals surface area contributed by atoms with E-state index in [0.29, 0.717) is 0 Å². The van der Waals surface area contributed by atoms with Crippen LogP contribution in [0.3, 0.4) is 0 Å². The van der Waals surface area contributed by atoms with Crippen molar-refractivity contribution in [3.63, 3.8) is 0 Å². The Morgan fingerprint density at radius 1 is 0.559 bits per heavy atom. The Bertz CT molecular complexity index is 1170. The minimum absolute atomic E-state index is 0.558. The molecule has 0 bridgehead atoms. The van der Waals surface area contributed by atoms with E-state index in [1.807, 2.05) is 12.2 Å². The highest BCUT2D eigenvalue weighted by atomic mass is 29.3. The summed E-state index contributed by atoms with van der Waals surface area (Å²) in [5.41, 5.74) is -0.558. The smallest absolute Gasteiger partial charge is 0.252 e. The van der Waals surface area contributed by atoms with Crippen LogP contribution < -0.4 is 20.7 Å². The van der Waals surface area contributed by atoms with Crippen molar-refractivity contribution in [2.24, 2.45) is 0 Å².